The SMILES string of the molecule is Cc1[nH]cnc1CCC(=O)c1cn(C)c2ccc(F)cc12.O=C(O)/C=C\C(=O)O. The maximum Gasteiger partial charge on any atom is 0.328 e. The number of aromatic amines is 1. The van der Waals surface area contributed by atoms with E-state index in [9.17, 15) is 18.8 Å². The maximum absolute atomic E-state index is 13.4. The Balaban J connectivity index is 0.000000321. The van der Waals surface area contributed by atoms with Crippen LogP contribution < -0.4 is 0 Å². The summed E-state index contributed by atoms with van der Waals surface area (Å²) in [6.45, 7) is 1.93. The van der Waals surface area contributed by atoms with E-state index in [4.69, 9.17) is 10.2 Å². The van der Waals surface area contributed by atoms with Gasteiger partial charge in [-0.1, -0.05) is 0 Å². The van der Waals surface area contributed by atoms with Gasteiger partial charge >= 0.3 is 11.9 Å². The number of hydrogen-bond donors (Lipinski definition) is 3. The number of imidazole rings is 1. The van der Waals surface area contributed by atoms with Gasteiger partial charge in [-0.2, -0.15) is 0 Å². The number of nitrogens with one attached hydrogen (secondary N) is 1. The second-order valence-electron chi connectivity index (χ2n) is 6.22. The summed E-state index contributed by atoms with van der Waals surface area (Å²) in [5.41, 5.74) is 3.30. The van der Waals surface area contributed by atoms with Crippen LogP contribution in [0.5, 0.6) is 0 Å². The van der Waals surface area contributed by atoms with Crippen LogP contribution in [-0.2, 0) is 23.1 Å². The summed E-state index contributed by atoms with van der Waals surface area (Å²) in [6.07, 6.45) is 5.46. The van der Waals surface area contributed by atoms with Crippen LogP contribution in [-0.4, -0.2) is 42.5 Å². The Labute approximate surface area is 165 Å². The van der Waals surface area contributed by atoms with Gasteiger partial charge in [0.05, 0.1) is 12.0 Å². The lowest BCUT2D eigenvalue weighted by atomic mass is 10.0. The third kappa shape index (κ3) is 5.86. The summed E-state index contributed by atoms with van der Waals surface area (Å²) < 4.78 is 15.3. The lowest BCUT2D eigenvalue weighted by Gasteiger charge is -2.00. The minimum Gasteiger partial charge on any atom is -0.478 e. The zero-order chi connectivity index (χ0) is 21.6. The number of aliphatic carboxylic acids is 2. The average Bonchev–Trinajstić information content (AvgIpc) is 3.21. The summed E-state index contributed by atoms with van der Waals surface area (Å²) in [4.78, 5) is 38.7. The molecule has 1 aromatic carbocycles. The Morgan fingerprint density at radius 1 is 1.21 bits per heavy atom. The molecule has 3 N–H and O–H groups in total. The number of Topliss-reactive ketones (excluding diaryl/α,β-unsaturated/α-hetero) is 1. The lowest BCUT2D eigenvalue weighted by Crippen LogP contribution is -2.01. The Kier molecular flexibility index (Phi) is 7.02. The van der Waals surface area contributed by atoms with Gasteiger partial charge in [0, 0.05) is 54.0 Å². The molecule has 3 aromatic rings. The summed E-state index contributed by atoms with van der Waals surface area (Å²) in [5.74, 6) is -2.83. The van der Waals surface area contributed by atoms with E-state index < -0.39 is 11.9 Å². The number of hydrogen-bond acceptors (Lipinski definition) is 4. The number of halogens is 1. The Hall–Kier alpha value is -3.75. The van der Waals surface area contributed by atoms with Gasteiger partial charge in [-0.15, -0.1) is 0 Å². The molecule has 0 amide bonds. The fourth-order valence-corrected chi connectivity index (χ4v) is 2.73. The van der Waals surface area contributed by atoms with E-state index in [1.807, 2.05) is 18.5 Å². The number of ketones is 1. The minimum atomic E-state index is -1.26. The van der Waals surface area contributed by atoms with Gasteiger partial charge in [-0.25, -0.2) is 19.0 Å². The van der Waals surface area contributed by atoms with Crippen LogP contribution in [0.1, 0.15) is 28.2 Å². The zero-order valence-electron chi connectivity index (χ0n) is 15.8. The van der Waals surface area contributed by atoms with Crippen LogP contribution in [0.2, 0.25) is 0 Å². The molecule has 29 heavy (non-hydrogen) atoms. The number of benzene rings is 1. The molecule has 0 aliphatic heterocycles. The number of carboxylic acids is 2. The van der Waals surface area contributed by atoms with Crippen LogP contribution in [0, 0.1) is 12.7 Å². The molecule has 0 saturated heterocycles. The molecular weight excluding hydrogens is 381 g/mol. The van der Waals surface area contributed by atoms with Gasteiger partial charge in [0.15, 0.2) is 5.78 Å². The molecule has 0 aliphatic carbocycles. The number of aromatic nitrogens is 3. The lowest BCUT2D eigenvalue weighted by molar-refractivity contribution is -0.134. The number of nitrogens with zero attached hydrogens (tertiary/aromatic N) is 2. The summed E-state index contributed by atoms with van der Waals surface area (Å²) >= 11 is 0. The molecule has 0 fully saturated rings. The second kappa shape index (κ2) is 9.45. The second-order valence-corrected chi connectivity index (χ2v) is 6.22. The van der Waals surface area contributed by atoms with Gasteiger partial charge in [-0.3, -0.25) is 4.79 Å². The van der Waals surface area contributed by atoms with Crippen molar-refractivity contribution in [1.82, 2.24) is 14.5 Å². The van der Waals surface area contributed by atoms with Crippen molar-refractivity contribution in [3.63, 3.8) is 0 Å². The molecule has 0 aliphatic rings. The normalized spacial score (nSPS) is 10.7. The molecule has 3 rings (SSSR count). The topological polar surface area (TPSA) is 125 Å². The molecule has 2 heterocycles. The summed E-state index contributed by atoms with van der Waals surface area (Å²) in [6, 6.07) is 4.52. The average molecular weight is 401 g/mol. The predicted molar refractivity (Wildman–Crippen MR) is 103 cm³/mol. The highest BCUT2D eigenvalue weighted by atomic mass is 19.1. The standard InChI is InChI=1S/C16H16FN3O.C4H4O4/c1-10-14(19-9-18-10)4-6-16(21)13-8-20(2)15-5-3-11(17)7-12(13)15;5-3(6)1-2-4(7)8/h3,5,7-9H,4,6H2,1-2H3,(H,18,19);1-2H,(H,5,6)(H,7,8)/b;2-1-. The van der Waals surface area contributed by atoms with Crippen molar-refractivity contribution in [3.8, 4) is 0 Å². The number of carbonyl (C=O) groups excluding carboxylic acids is 1. The maximum atomic E-state index is 13.4. The van der Waals surface area contributed by atoms with E-state index in [2.05, 4.69) is 9.97 Å². The highest BCUT2D eigenvalue weighted by Gasteiger charge is 2.15. The molecule has 0 bridgehead atoms. The van der Waals surface area contributed by atoms with Crippen molar-refractivity contribution < 1.29 is 29.0 Å². The highest BCUT2D eigenvalue weighted by molar-refractivity contribution is 6.08. The van der Waals surface area contributed by atoms with Crippen LogP contribution in [0.25, 0.3) is 10.9 Å². The Bertz CT molecular complexity index is 1070. The van der Waals surface area contributed by atoms with Crippen LogP contribution in [0.3, 0.4) is 0 Å². The van der Waals surface area contributed by atoms with Crippen molar-refractivity contribution in [2.24, 2.45) is 7.05 Å². The summed E-state index contributed by atoms with van der Waals surface area (Å²) in [7, 11) is 1.86. The van der Waals surface area contributed by atoms with Crippen LogP contribution >= 0.6 is 0 Å². The Morgan fingerprint density at radius 2 is 1.86 bits per heavy atom. The molecule has 0 unspecified atom stereocenters. The first kappa shape index (κ1) is 21.5. The third-order valence-corrected chi connectivity index (χ3v) is 4.14. The van der Waals surface area contributed by atoms with Crippen molar-refractivity contribution >= 4 is 28.6 Å². The fourth-order valence-electron chi connectivity index (χ4n) is 2.73. The molecule has 2 aromatic heterocycles. The largest absolute Gasteiger partial charge is 0.478 e. The Morgan fingerprint density at radius 3 is 2.41 bits per heavy atom. The van der Waals surface area contributed by atoms with Crippen molar-refractivity contribution in [2.75, 3.05) is 0 Å². The molecule has 0 atom stereocenters. The van der Waals surface area contributed by atoms with Gasteiger partial charge < -0.3 is 19.8 Å². The monoisotopic (exact) mass is 401 g/mol. The number of rotatable bonds is 6. The van der Waals surface area contributed by atoms with E-state index >= 15 is 0 Å². The zero-order valence-corrected chi connectivity index (χ0v) is 15.8. The predicted octanol–water partition coefficient (Wildman–Crippen LogP) is 2.88. The number of H-pyrrole nitrogens is 1. The molecule has 0 spiro atoms. The minimum absolute atomic E-state index is 0.00796. The van der Waals surface area contributed by atoms with Crippen molar-refractivity contribution in [3.05, 3.63) is 65.6 Å². The molecular formula is C20H20FN3O5. The van der Waals surface area contributed by atoms with E-state index in [0.29, 0.717) is 35.9 Å². The van der Waals surface area contributed by atoms with Gasteiger partial charge in [0.25, 0.3) is 0 Å². The third-order valence-electron chi connectivity index (χ3n) is 4.14. The van der Waals surface area contributed by atoms with Crippen molar-refractivity contribution in [1.29, 1.82) is 0 Å². The van der Waals surface area contributed by atoms with Gasteiger partial charge in [0.1, 0.15) is 5.82 Å². The van der Waals surface area contributed by atoms with E-state index in [0.717, 1.165) is 16.9 Å². The van der Waals surface area contributed by atoms with E-state index in [1.54, 1.807) is 18.6 Å². The molecule has 152 valence electrons. The van der Waals surface area contributed by atoms with Gasteiger partial charge in [0.2, 0.25) is 0 Å². The molecule has 0 radical (unpaired) electrons. The molecule has 9 heteroatoms. The first-order chi connectivity index (χ1) is 13.7. The van der Waals surface area contributed by atoms with Crippen molar-refractivity contribution in [2.45, 2.75) is 19.8 Å². The molecule has 8 nitrogen and oxygen atoms in total. The molecule has 0 saturated carbocycles. The number of carbonyl (C=O) groups is 3. The quantitative estimate of drug-likeness (QED) is 0.431. The highest BCUT2D eigenvalue weighted by Crippen LogP contribution is 2.23. The summed E-state index contributed by atoms with van der Waals surface area (Å²) in [5, 5.41) is 16.3. The number of aryl methyl sites for hydroxylation is 3. The van der Waals surface area contributed by atoms with Gasteiger partial charge in [-0.05, 0) is 31.5 Å². The van der Waals surface area contributed by atoms with Crippen LogP contribution in [0.15, 0.2) is 42.9 Å². The van der Waals surface area contributed by atoms with E-state index in [-0.39, 0.29) is 11.6 Å². The smallest absolute Gasteiger partial charge is 0.328 e. The van der Waals surface area contributed by atoms with E-state index in [1.165, 1.54) is 12.1 Å². The van der Waals surface area contributed by atoms with Crippen LogP contribution in [0.4, 0.5) is 4.39 Å². The first-order valence-corrected chi connectivity index (χ1v) is 8.59. The number of carboxylic acid groups (broad SMARTS) is 2. The fraction of sp³-hybridized carbons (Fsp3) is 0.200. The number of fused-ring (bicyclic) bond motifs is 1. The first-order valence-electron chi connectivity index (χ1n) is 8.59.